The van der Waals surface area contributed by atoms with Gasteiger partial charge < -0.3 is 5.32 Å². The number of nitrogens with two attached hydrogens (primary N) is 1. The molecule has 2 N–H and O–H groups in total. The van der Waals surface area contributed by atoms with Crippen molar-refractivity contribution in [3.8, 4) is 0 Å². The molecule has 0 aromatic heterocycles. The van der Waals surface area contributed by atoms with Crippen molar-refractivity contribution in [2.24, 2.45) is 0 Å². The third kappa shape index (κ3) is 2.83. The molecule has 0 radical (unpaired) electrons. The van der Waals surface area contributed by atoms with Crippen molar-refractivity contribution in [2.45, 2.75) is 25.4 Å². The number of quaternary nitrogens is 1. The smallest absolute Gasteiger partial charge is 0.156 e. The Morgan fingerprint density at radius 1 is 1.31 bits per heavy atom. The predicted molar refractivity (Wildman–Crippen MR) is 63.7 cm³/mol. The summed E-state index contributed by atoms with van der Waals surface area (Å²) in [4.78, 5) is 0. The van der Waals surface area contributed by atoms with Gasteiger partial charge in [-0.3, -0.25) is 0 Å². The maximum Gasteiger partial charge on any atom is 0.156 e. The van der Waals surface area contributed by atoms with Crippen LogP contribution in [0, 0.1) is 0 Å². The molecule has 1 heterocycles. The highest BCUT2D eigenvalue weighted by Gasteiger charge is 2.41. The maximum absolute atomic E-state index is 11.4. The van der Waals surface area contributed by atoms with Crippen LogP contribution in [0.4, 0.5) is 0 Å². The Balaban J connectivity index is 1.96. The first-order valence-electron chi connectivity index (χ1n) is 5.58. The van der Waals surface area contributed by atoms with E-state index < -0.39 is 9.84 Å². The van der Waals surface area contributed by atoms with Crippen LogP contribution in [0.2, 0.25) is 0 Å². The molecular weight excluding hydrogens is 222 g/mol. The van der Waals surface area contributed by atoms with E-state index in [1.54, 1.807) is 0 Å². The Morgan fingerprint density at radius 3 is 2.56 bits per heavy atom. The van der Waals surface area contributed by atoms with Gasteiger partial charge in [0.1, 0.15) is 17.8 Å². The van der Waals surface area contributed by atoms with Gasteiger partial charge in [0.25, 0.3) is 0 Å². The fourth-order valence-electron chi connectivity index (χ4n) is 2.17. The van der Waals surface area contributed by atoms with Crippen LogP contribution in [0.5, 0.6) is 0 Å². The van der Waals surface area contributed by atoms with Gasteiger partial charge in [-0.15, -0.1) is 0 Å². The van der Waals surface area contributed by atoms with Gasteiger partial charge in [-0.2, -0.15) is 0 Å². The molecule has 1 atom stereocenters. The Hall–Kier alpha value is -0.870. The summed E-state index contributed by atoms with van der Waals surface area (Å²) in [5.74, 6) is 0.654. The van der Waals surface area contributed by atoms with Gasteiger partial charge in [0, 0.05) is 12.0 Å². The second-order valence-corrected chi connectivity index (χ2v) is 7.07. The van der Waals surface area contributed by atoms with Crippen molar-refractivity contribution in [3.05, 3.63) is 35.9 Å². The summed E-state index contributed by atoms with van der Waals surface area (Å²) in [6, 6.07) is 10.2. The molecule has 1 saturated heterocycles. The number of hydrogen-bond acceptors (Lipinski definition) is 2. The lowest BCUT2D eigenvalue weighted by molar-refractivity contribution is -0.733. The van der Waals surface area contributed by atoms with Crippen LogP contribution in [0.1, 0.15) is 18.9 Å². The molecule has 1 aromatic rings. The lowest BCUT2D eigenvalue weighted by atomic mass is 10.0. The minimum Gasteiger partial charge on any atom is -0.337 e. The molecule has 0 amide bonds. The summed E-state index contributed by atoms with van der Waals surface area (Å²) >= 11 is 0. The molecule has 2 rings (SSSR count). The summed E-state index contributed by atoms with van der Waals surface area (Å²) in [5, 5.41) is 2.16. The van der Waals surface area contributed by atoms with Crippen molar-refractivity contribution < 1.29 is 13.7 Å². The molecular formula is C12H18NO2S+. The topological polar surface area (TPSA) is 50.8 Å². The zero-order valence-corrected chi connectivity index (χ0v) is 10.3. The van der Waals surface area contributed by atoms with Gasteiger partial charge in [0.05, 0.1) is 5.75 Å². The first-order valence-corrected chi connectivity index (χ1v) is 7.40. The minimum atomic E-state index is -2.79. The third-order valence-electron chi connectivity index (χ3n) is 3.21. The molecule has 0 unspecified atom stereocenters. The number of sulfone groups is 1. The van der Waals surface area contributed by atoms with Gasteiger partial charge in [-0.25, -0.2) is 8.42 Å². The average molecular weight is 240 g/mol. The van der Waals surface area contributed by atoms with E-state index in [1.165, 1.54) is 5.56 Å². The molecule has 88 valence electrons. The van der Waals surface area contributed by atoms with Crippen molar-refractivity contribution in [1.82, 2.24) is 0 Å². The largest absolute Gasteiger partial charge is 0.337 e. The van der Waals surface area contributed by atoms with Crippen LogP contribution in [0.3, 0.4) is 0 Å². The minimum absolute atomic E-state index is 0.130. The van der Waals surface area contributed by atoms with Gasteiger partial charge in [-0.1, -0.05) is 30.3 Å². The fourth-order valence-corrected chi connectivity index (χ4v) is 4.36. The highest BCUT2D eigenvalue weighted by molar-refractivity contribution is 7.91. The van der Waals surface area contributed by atoms with Gasteiger partial charge in [0.15, 0.2) is 9.84 Å². The van der Waals surface area contributed by atoms with Crippen molar-refractivity contribution in [3.63, 3.8) is 0 Å². The van der Waals surface area contributed by atoms with Crippen LogP contribution in [-0.2, 0) is 16.4 Å². The second-order valence-electron chi connectivity index (χ2n) is 4.89. The van der Waals surface area contributed by atoms with Crippen molar-refractivity contribution >= 4 is 9.84 Å². The SMILES string of the molecule is C[C@]1([NH2+]Cc2ccccc2)CCS(=O)(=O)C1. The zero-order valence-electron chi connectivity index (χ0n) is 9.52. The van der Waals surface area contributed by atoms with E-state index in [9.17, 15) is 8.42 Å². The van der Waals surface area contributed by atoms with E-state index in [0.29, 0.717) is 11.5 Å². The first-order chi connectivity index (χ1) is 7.49. The van der Waals surface area contributed by atoms with Crippen molar-refractivity contribution in [2.75, 3.05) is 11.5 Å². The van der Waals surface area contributed by atoms with E-state index in [4.69, 9.17) is 0 Å². The molecule has 4 heteroatoms. The quantitative estimate of drug-likeness (QED) is 0.827. The molecule has 1 fully saturated rings. The number of rotatable bonds is 3. The van der Waals surface area contributed by atoms with E-state index in [2.05, 4.69) is 17.4 Å². The summed E-state index contributed by atoms with van der Waals surface area (Å²) < 4.78 is 22.9. The van der Waals surface area contributed by atoms with Gasteiger partial charge in [-0.05, 0) is 6.92 Å². The monoisotopic (exact) mass is 240 g/mol. The summed E-state index contributed by atoms with van der Waals surface area (Å²) in [6.07, 6.45) is 0.766. The average Bonchev–Trinajstić information content (AvgIpc) is 2.53. The van der Waals surface area contributed by atoms with Gasteiger partial charge >= 0.3 is 0 Å². The Kier molecular flexibility index (Phi) is 3.04. The highest BCUT2D eigenvalue weighted by Crippen LogP contribution is 2.18. The lowest BCUT2D eigenvalue weighted by Gasteiger charge is -2.20. The lowest BCUT2D eigenvalue weighted by Crippen LogP contribution is -2.95. The number of hydrogen-bond donors (Lipinski definition) is 1. The fraction of sp³-hybridized carbons (Fsp3) is 0.500. The molecule has 0 saturated carbocycles. The Labute approximate surface area is 96.8 Å². The van der Waals surface area contributed by atoms with Gasteiger partial charge in [0.2, 0.25) is 0 Å². The Morgan fingerprint density at radius 2 is 2.00 bits per heavy atom. The normalized spacial score (nSPS) is 28.1. The molecule has 0 spiro atoms. The number of benzene rings is 1. The molecule has 0 bridgehead atoms. The Bertz CT molecular complexity index is 455. The molecule has 1 aliphatic heterocycles. The first kappa shape index (κ1) is 11.6. The van der Waals surface area contributed by atoms with E-state index >= 15 is 0 Å². The van der Waals surface area contributed by atoms with E-state index in [-0.39, 0.29) is 5.54 Å². The molecule has 0 aliphatic carbocycles. The molecule has 3 nitrogen and oxygen atoms in total. The van der Waals surface area contributed by atoms with Crippen LogP contribution in [0.15, 0.2) is 30.3 Å². The predicted octanol–water partition coefficient (Wildman–Crippen LogP) is 0.327. The zero-order chi connectivity index (χ0) is 11.6. The molecule has 1 aliphatic rings. The van der Waals surface area contributed by atoms with Crippen LogP contribution in [-0.4, -0.2) is 25.5 Å². The second kappa shape index (κ2) is 4.18. The summed E-state index contributed by atoms with van der Waals surface area (Å²) in [7, 11) is -2.79. The van der Waals surface area contributed by atoms with E-state index in [0.717, 1.165) is 13.0 Å². The van der Waals surface area contributed by atoms with Crippen LogP contribution < -0.4 is 5.32 Å². The summed E-state index contributed by atoms with van der Waals surface area (Å²) in [6.45, 7) is 2.90. The van der Waals surface area contributed by atoms with Crippen LogP contribution in [0.25, 0.3) is 0 Å². The molecule has 16 heavy (non-hydrogen) atoms. The summed E-state index contributed by atoms with van der Waals surface area (Å²) in [5.41, 5.74) is 1.11. The standard InChI is InChI=1S/C12H17NO2S/c1-12(7-8-16(14,15)10-12)13-9-11-5-3-2-4-6-11/h2-6,13H,7-10H2,1H3/p+1/t12-/m0/s1. The highest BCUT2D eigenvalue weighted by atomic mass is 32.2. The van der Waals surface area contributed by atoms with E-state index in [1.807, 2.05) is 25.1 Å². The molecule has 1 aromatic carbocycles. The maximum atomic E-state index is 11.4. The van der Waals surface area contributed by atoms with Crippen molar-refractivity contribution in [1.29, 1.82) is 0 Å². The van der Waals surface area contributed by atoms with Crippen LogP contribution >= 0.6 is 0 Å². The third-order valence-corrected chi connectivity index (χ3v) is 5.13.